The maximum atomic E-state index is 13.7. The molecule has 28 heavy (non-hydrogen) atoms. The molecular weight excluding hydrogens is 388 g/mol. The van der Waals surface area contributed by atoms with E-state index in [0.717, 1.165) is 0 Å². The van der Waals surface area contributed by atoms with Crippen LogP contribution in [0.25, 0.3) is 21.8 Å². The number of β-amino-alcohol motifs (C(OH)–C–C–N with tert-alkyl or cyclic N) is 1. The maximum Gasteiger partial charge on any atom is 0.227 e. The molecular formula is C19H21F2N3O3S. The summed E-state index contributed by atoms with van der Waals surface area (Å²) in [6.07, 6.45) is -0.966. The van der Waals surface area contributed by atoms with Gasteiger partial charge in [-0.3, -0.25) is 4.90 Å². The van der Waals surface area contributed by atoms with Gasteiger partial charge in [0, 0.05) is 41.4 Å². The number of nitrogens with zero attached hydrogens (tertiary/aromatic N) is 3. The maximum absolute atomic E-state index is 13.7. The number of rotatable bonds is 4. The minimum absolute atomic E-state index is 0.0280. The molecule has 2 heterocycles. The first kappa shape index (κ1) is 19.3. The van der Waals surface area contributed by atoms with E-state index >= 15 is 0 Å². The van der Waals surface area contributed by atoms with Crippen molar-refractivity contribution in [2.24, 2.45) is 0 Å². The molecule has 1 unspecified atom stereocenters. The van der Waals surface area contributed by atoms with Crippen LogP contribution in [0.5, 0.6) is 0 Å². The van der Waals surface area contributed by atoms with Gasteiger partial charge >= 0.3 is 0 Å². The van der Waals surface area contributed by atoms with Crippen molar-refractivity contribution in [2.45, 2.75) is 12.6 Å². The van der Waals surface area contributed by atoms with Crippen LogP contribution < -0.4 is 0 Å². The first-order valence-electron chi connectivity index (χ1n) is 8.96. The lowest BCUT2D eigenvalue weighted by Crippen LogP contribution is -2.50. The first-order valence-corrected chi connectivity index (χ1v) is 10.6. The molecule has 1 aliphatic rings. The summed E-state index contributed by atoms with van der Waals surface area (Å²) >= 11 is 0. The zero-order chi connectivity index (χ0) is 20.1. The van der Waals surface area contributed by atoms with Gasteiger partial charge in [0.15, 0.2) is 0 Å². The van der Waals surface area contributed by atoms with Gasteiger partial charge in [0.1, 0.15) is 17.5 Å². The molecule has 3 aromatic rings. The standard InChI is InChI=1S/C19H21F2N3O3S/c1-22-6-7-23(28(26,27)12-22)10-15(25)11-24-18-4-2-13(20)8-16(18)17-9-14(21)3-5-19(17)24/h2-5,8-9,15,25H,6-7,10-12H2,1H3. The summed E-state index contributed by atoms with van der Waals surface area (Å²) < 4.78 is 55.2. The number of fused-ring (bicyclic) bond motifs is 3. The highest BCUT2D eigenvalue weighted by molar-refractivity contribution is 7.89. The third kappa shape index (κ3) is 3.50. The lowest BCUT2D eigenvalue weighted by molar-refractivity contribution is 0.123. The van der Waals surface area contributed by atoms with E-state index in [0.29, 0.717) is 34.9 Å². The Morgan fingerprint density at radius 3 is 2.11 bits per heavy atom. The third-order valence-corrected chi connectivity index (χ3v) is 6.99. The van der Waals surface area contributed by atoms with Crippen LogP contribution in [0.3, 0.4) is 0 Å². The van der Waals surface area contributed by atoms with Gasteiger partial charge in [-0.2, -0.15) is 4.31 Å². The average molecular weight is 409 g/mol. The molecule has 1 saturated heterocycles. The van der Waals surface area contributed by atoms with Crippen LogP contribution in [0.15, 0.2) is 36.4 Å². The van der Waals surface area contributed by atoms with Crippen molar-refractivity contribution in [1.82, 2.24) is 13.8 Å². The van der Waals surface area contributed by atoms with Crippen molar-refractivity contribution >= 4 is 31.8 Å². The number of aromatic nitrogens is 1. The van der Waals surface area contributed by atoms with Gasteiger partial charge in [-0.1, -0.05) is 0 Å². The minimum Gasteiger partial charge on any atom is -0.390 e. The fraction of sp³-hybridized carbons (Fsp3) is 0.368. The number of sulfonamides is 1. The summed E-state index contributed by atoms with van der Waals surface area (Å²) in [5, 5.41) is 11.7. The minimum atomic E-state index is -3.45. The molecule has 0 radical (unpaired) electrons. The van der Waals surface area contributed by atoms with Crippen molar-refractivity contribution in [3.05, 3.63) is 48.0 Å². The number of benzene rings is 2. The quantitative estimate of drug-likeness (QED) is 0.716. The lowest BCUT2D eigenvalue weighted by atomic mass is 10.1. The van der Waals surface area contributed by atoms with Gasteiger partial charge in [-0.15, -0.1) is 0 Å². The molecule has 6 nitrogen and oxygen atoms in total. The van der Waals surface area contributed by atoms with E-state index in [4.69, 9.17) is 0 Å². The summed E-state index contributed by atoms with van der Waals surface area (Å²) in [6.45, 7) is 0.998. The summed E-state index contributed by atoms with van der Waals surface area (Å²) in [5.41, 5.74) is 1.31. The predicted molar refractivity (Wildman–Crippen MR) is 103 cm³/mol. The van der Waals surface area contributed by atoms with E-state index in [1.165, 1.54) is 28.6 Å². The zero-order valence-corrected chi connectivity index (χ0v) is 16.2. The summed E-state index contributed by atoms with van der Waals surface area (Å²) in [6, 6.07) is 8.47. The van der Waals surface area contributed by atoms with E-state index in [9.17, 15) is 22.3 Å². The summed E-state index contributed by atoms with van der Waals surface area (Å²) in [4.78, 5) is 1.72. The molecule has 1 aromatic heterocycles. The Bertz CT molecular complexity index is 1090. The van der Waals surface area contributed by atoms with E-state index in [1.807, 2.05) is 0 Å². The van der Waals surface area contributed by atoms with Gasteiger partial charge in [-0.05, 0) is 43.4 Å². The Labute approximate surface area is 161 Å². The normalized spacial score (nSPS) is 19.4. The average Bonchev–Trinajstić information content (AvgIpc) is 2.89. The van der Waals surface area contributed by atoms with Gasteiger partial charge in [-0.25, -0.2) is 17.2 Å². The molecule has 0 amide bonds. The van der Waals surface area contributed by atoms with Crippen LogP contribution in [0.1, 0.15) is 0 Å². The Morgan fingerprint density at radius 1 is 1.00 bits per heavy atom. The van der Waals surface area contributed by atoms with Crippen LogP contribution in [-0.2, 0) is 16.6 Å². The molecule has 1 N–H and O–H groups in total. The summed E-state index contributed by atoms with van der Waals surface area (Å²) in [5.74, 6) is -0.937. The van der Waals surface area contributed by atoms with Crippen molar-refractivity contribution in [3.63, 3.8) is 0 Å². The van der Waals surface area contributed by atoms with Crippen LogP contribution in [0, 0.1) is 11.6 Å². The first-order chi connectivity index (χ1) is 13.2. The van der Waals surface area contributed by atoms with Crippen molar-refractivity contribution < 1.29 is 22.3 Å². The highest BCUT2D eigenvalue weighted by Gasteiger charge is 2.30. The Morgan fingerprint density at radius 2 is 1.57 bits per heavy atom. The fourth-order valence-corrected chi connectivity index (χ4v) is 5.41. The highest BCUT2D eigenvalue weighted by Crippen LogP contribution is 2.30. The molecule has 2 aromatic carbocycles. The van der Waals surface area contributed by atoms with Crippen LogP contribution in [0.2, 0.25) is 0 Å². The number of hydrogen-bond acceptors (Lipinski definition) is 4. The van der Waals surface area contributed by atoms with E-state index < -0.39 is 27.8 Å². The molecule has 1 fully saturated rings. The molecule has 1 atom stereocenters. The molecule has 4 rings (SSSR count). The molecule has 0 spiro atoms. The van der Waals surface area contributed by atoms with Crippen LogP contribution in [-0.4, -0.2) is 66.0 Å². The van der Waals surface area contributed by atoms with E-state index in [-0.39, 0.29) is 19.0 Å². The number of hydrogen-bond donors (Lipinski definition) is 1. The van der Waals surface area contributed by atoms with Gasteiger partial charge in [0.05, 0.1) is 12.6 Å². The van der Waals surface area contributed by atoms with Crippen molar-refractivity contribution in [1.29, 1.82) is 0 Å². The van der Waals surface area contributed by atoms with E-state index in [2.05, 4.69) is 0 Å². The topological polar surface area (TPSA) is 65.8 Å². The lowest BCUT2D eigenvalue weighted by Gasteiger charge is -2.33. The highest BCUT2D eigenvalue weighted by atomic mass is 32.2. The van der Waals surface area contributed by atoms with Crippen molar-refractivity contribution in [3.8, 4) is 0 Å². The molecule has 1 aliphatic heterocycles. The molecule has 150 valence electrons. The number of aliphatic hydroxyl groups is 1. The van der Waals surface area contributed by atoms with Gasteiger partial charge < -0.3 is 9.67 Å². The number of likely N-dealkylation sites (N-methyl/N-ethyl adjacent to an activating group) is 1. The Hall–Kier alpha value is -2.07. The Balaban J connectivity index is 1.67. The zero-order valence-electron chi connectivity index (χ0n) is 15.3. The fourth-order valence-electron chi connectivity index (χ4n) is 3.80. The second-order valence-corrected chi connectivity index (χ2v) is 9.20. The predicted octanol–water partition coefficient (Wildman–Crippen LogP) is 1.97. The van der Waals surface area contributed by atoms with Crippen molar-refractivity contribution in [2.75, 3.05) is 32.6 Å². The number of halogens is 2. The van der Waals surface area contributed by atoms with Crippen LogP contribution >= 0.6 is 0 Å². The molecule has 0 bridgehead atoms. The van der Waals surface area contributed by atoms with E-state index in [1.54, 1.807) is 28.6 Å². The second kappa shape index (κ2) is 7.07. The smallest absolute Gasteiger partial charge is 0.227 e. The van der Waals surface area contributed by atoms with Crippen LogP contribution in [0.4, 0.5) is 8.78 Å². The number of aliphatic hydroxyl groups excluding tert-OH is 1. The second-order valence-electron chi connectivity index (χ2n) is 7.27. The molecule has 0 aliphatic carbocycles. The van der Waals surface area contributed by atoms with Gasteiger partial charge in [0.2, 0.25) is 10.0 Å². The summed E-state index contributed by atoms with van der Waals surface area (Å²) in [7, 11) is -1.71. The van der Waals surface area contributed by atoms with Gasteiger partial charge in [0.25, 0.3) is 0 Å². The monoisotopic (exact) mass is 409 g/mol. The Kier molecular flexibility index (Phi) is 4.86. The largest absolute Gasteiger partial charge is 0.390 e. The molecule has 9 heteroatoms. The SMILES string of the molecule is CN1CCN(CC(O)Cn2c3ccc(F)cc3c3cc(F)ccc32)S(=O)(=O)C1. The molecule has 0 saturated carbocycles. The third-order valence-electron chi connectivity index (χ3n) is 5.10.